The van der Waals surface area contributed by atoms with Gasteiger partial charge in [0.05, 0.1) is 0 Å². The van der Waals surface area contributed by atoms with Gasteiger partial charge in [-0.3, -0.25) is 0 Å². The number of hydrogen-bond acceptors (Lipinski definition) is 2. The molecule has 0 saturated heterocycles. The summed E-state index contributed by atoms with van der Waals surface area (Å²) in [7, 11) is 0. The highest BCUT2D eigenvalue weighted by Gasteiger charge is 2.22. The standard InChI is InChI=1S/C60H37NO/c1-2-14-49-39(10-1)22-23-41-24-25-43(36-56(41)49)38-26-30-46(31-27-38)61(47-32-28-40(29-33-47)50-18-9-20-55-53-17-5-6-21-58(53)62-60(50)55)48-13-7-11-42(35-48)45-34-44-12-8-19-54-51-15-3-4-16-52(51)57(37-45)59(44)54/h1-37H. The number of para-hydroxylation sites is 2. The van der Waals surface area contributed by atoms with Crippen molar-refractivity contribution in [3.8, 4) is 55.6 Å². The van der Waals surface area contributed by atoms with Crippen molar-refractivity contribution in [3.63, 3.8) is 0 Å². The molecule has 0 aliphatic heterocycles. The number of fused-ring (bicyclic) bond motifs is 9. The van der Waals surface area contributed by atoms with E-state index in [2.05, 4.69) is 217 Å². The fourth-order valence-electron chi connectivity index (χ4n) is 10.0. The molecule has 0 bridgehead atoms. The van der Waals surface area contributed by atoms with Crippen LogP contribution in [0, 0.1) is 0 Å². The zero-order valence-electron chi connectivity index (χ0n) is 33.7. The lowest BCUT2D eigenvalue weighted by Gasteiger charge is -2.26. The van der Waals surface area contributed by atoms with Crippen molar-refractivity contribution in [1.29, 1.82) is 0 Å². The molecule has 2 nitrogen and oxygen atoms in total. The van der Waals surface area contributed by atoms with Gasteiger partial charge in [0.25, 0.3) is 0 Å². The van der Waals surface area contributed by atoms with E-state index >= 15 is 0 Å². The summed E-state index contributed by atoms with van der Waals surface area (Å²) < 4.78 is 6.46. The summed E-state index contributed by atoms with van der Waals surface area (Å²) >= 11 is 0. The van der Waals surface area contributed by atoms with Crippen LogP contribution >= 0.6 is 0 Å². The van der Waals surface area contributed by atoms with E-state index in [0.717, 1.165) is 50.1 Å². The van der Waals surface area contributed by atoms with Crippen LogP contribution in [0.25, 0.3) is 110 Å². The molecule has 12 aromatic rings. The average Bonchev–Trinajstić information content (AvgIpc) is 3.89. The van der Waals surface area contributed by atoms with E-state index in [-0.39, 0.29) is 0 Å². The SMILES string of the molecule is c1cc(-c2cc3c4c(cccc4c2)-c2ccccc2-3)cc(N(c2ccc(-c3ccc4ccc5ccccc5c4c3)cc2)c2ccc(-c3cccc4c3oc3ccccc34)cc2)c1. The summed E-state index contributed by atoms with van der Waals surface area (Å²) in [5.41, 5.74) is 17.3. The largest absolute Gasteiger partial charge is 0.455 e. The van der Waals surface area contributed by atoms with Crippen molar-refractivity contribution in [2.45, 2.75) is 0 Å². The number of benzene rings is 11. The first kappa shape index (κ1) is 34.6. The normalized spacial score (nSPS) is 11.9. The molecule has 0 radical (unpaired) electrons. The highest BCUT2D eigenvalue weighted by atomic mass is 16.3. The summed E-state index contributed by atoms with van der Waals surface area (Å²) in [6.07, 6.45) is 0. The minimum atomic E-state index is 0.905. The molecule has 62 heavy (non-hydrogen) atoms. The maximum atomic E-state index is 6.46. The van der Waals surface area contributed by atoms with Crippen LogP contribution in [0.3, 0.4) is 0 Å². The molecule has 0 atom stereocenters. The molecule has 0 spiro atoms. The number of anilines is 3. The lowest BCUT2D eigenvalue weighted by atomic mass is 9.95. The van der Waals surface area contributed by atoms with Gasteiger partial charge in [-0.25, -0.2) is 0 Å². The first-order valence-corrected chi connectivity index (χ1v) is 21.3. The van der Waals surface area contributed by atoms with Gasteiger partial charge in [0.2, 0.25) is 0 Å². The minimum Gasteiger partial charge on any atom is -0.455 e. The molecule has 2 heteroatoms. The lowest BCUT2D eigenvalue weighted by Crippen LogP contribution is -2.10. The van der Waals surface area contributed by atoms with E-state index in [1.54, 1.807) is 0 Å². The molecule has 13 rings (SSSR count). The zero-order chi connectivity index (χ0) is 40.7. The van der Waals surface area contributed by atoms with E-state index in [9.17, 15) is 0 Å². The molecule has 0 saturated carbocycles. The van der Waals surface area contributed by atoms with Crippen LogP contribution in [0.5, 0.6) is 0 Å². The predicted molar refractivity (Wildman–Crippen MR) is 262 cm³/mol. The second-order valence-electron chi connectivity index (χ2n) is 16.5. The Bertz CT molecular complexity index is 3740. The van der Waals surface area contributed by atoms with Crippen LogP contribution in [0.4, 0.5) is 17.1 Å². The van der Waals surface area contributed by atoms with Gasteiger partial charge in [-0.05, 0) is 143 Å². The third-order valence-corrected chi connectivity index (χ3v) is 13.0. The molecular formula is C60H37NO. The summed E-state index contributed by atoms with van der Waals surface area (Å²) in [6, 6.07) is 81.8. The van der Waals surface area contributed by atoms with Crippen LogP contribution in [0.2, 0.25) is 0 Å². The quantitative estimate of drug-likeness (QED) is 0.156. The zero-order valence-corrected chi connectivity index (χ0v) is 33.7. The lowest BCUT2D eigenvalue weighted by molar-refractivity contribution is 0.670. The summed E-state index contributed by atoms with van der Waals surface area (Å²) in [6.45, 7) is 0. The van der Waals surface area contributed by atoms with E-state index in [1.807, 2.05) is 12.1 Å². The minimum absolute atomic E-state index is 0.905. The molecule has 1 aliphatic carbocycles. The van der Waals surface area contributed by atoms with Gasteiger partial charge in [-0.2, -0.15) is 0 Å². The van der Waals surface area contributed by atoms with Gasteiger partial charge >= 0.3 is 0 Å². The molecule has 288 valence electrons. The maximum absolute atomic E-state index is 6.46. The van der Waals surface area contributed by atoms with Gasteiger partial charge in [0, 0.05) is 33.4 Å². The molecule has 11 aromatic carbocycles. The van der Waals surface area contributed by atoms with Crippen molar-refractivity contribution < 1.29 is 4.42 Å². The van der Waals surface area contributed by atoms with Crippen LogP contribution in [-0.2, 0) is 0 Å². The fraction of sp³-hybridized carbons (Fsp3) is 0. The van der Waals surface area contributed by atoms with E-state index < -0.39 is 0 Å². The van der Waals surface area contributed by atoms with Crippen LogP contribution in [-0.4, -0.2) is 0 Å². The Labute approximate surface area is 359 Å². The summed E-state index contributed by atoms with van der Waals surface area (Å²) in [5, 5.41) is 9.93. The Morgan fingerprint density at radius 2 is 0.855 bits per heavy atom. The first-order chi connectivity index (χ1) is 30.7. The van der Waals surface area contributed by atoms with Crippen molar-refractivity contribution >= 4 is 71.3 Å². The third-order valence-electron chi connectivity index (χ3n) is 13.0. The van der Waals surface area contributed by atoms with Gasteiger partial charge in [0.1, 0.15) is 11.2 Å². The number of nitrogens with zero attached hydrogens (tertiary/aromatic N) is 1. The van der Waals surface area contributed by atoms with E-state index in [4.69, 9.17) is 4.42 Å². The van der Waals surface area contributed by atoms with E-state index in [1.165, 1.54) is 76.8 Å². The molecule has 1 heterocycles. The summed E-state index contributed by atoms with van der Waals surface area (Å²) in [4.78, 5) is 2.38. The smallest absolute Gasteiger partial charge is 0.143 e. The predicted octanol–water partition coefficient (Wildman–Crippen LogP) is 17.2. The molecule has 0 amide bonds. The van der Waals surface area contributed by atoms with Gasteiger partial charge in [-0.1, -0.05) is 164 Å². The summed E-state index contributed by atoms with van der Waals surface area (Å²) in [5.74, 6) is 0. The Morgan fingerprint density at radius 1 is 0.274 bits per heavy atom. The van der Waals surface area contributed by atoms with Crippen LogP contribution < -0.4 is 4.90 Å². The van der Waals surface area contributed by atoms with Crippen LogP contribution in [0.1, 0.15) is 0 Å². The van der Waals surface area contributed by atoms with Gasteiger partial charge < -0.3 is 9.32 Å². The second-order valence-corrected chi connectivity index (χ2v) is 16.5. The Morgan fingerprint density at radius 3 is 1.69 bits per heavy atom. The van der Waals surface area contributed by atoms with Gasteiger partial charge in [-0.15, -0.1) is 0 Å². The average molecular weight is 788 g/mol. The number of furan rings is 1. The van der Waals surface area contributed by atoms with Crippen molar-refractivity contribution in [2.24, 2.45) is 0 Å². The molecular weight excluding hydrogens is 751 g/mol. The topological polar surface area (TPSA) is 16.4 Å². The fourth-order valence-corrected chi connectivity index (χ4v) is 10.0. The van der Waals surface area contributed by atoms with Crippen molar-refractivity contribution in [2.75, 3.05) is 4.90 Å². The molecule has 1 aliphatic rings. The Balaban J connectivity index is 0.930. The number of hydrogen-bond donors (Lipinski definition) is 0. The van der Waals surface area contributed by atoms with Crippen LogP contribution in [0.15, 0.2) is 229 Å². The Kier molecular flexibility index (Phi) is 7.64. The highest BCUT2D eigenvalue weighted by Crippen LogP contribution is 2.49. The molecule has 1 aromatic heterocycles. The van der Waals surface area contributed by atoms with Gasteiger partial charge in [0.15, 0.2) is 0 Å². The third kappa shape index (κ3) is 5.44. The molecule has 0 unspecified atom stereocenters. The second kappa shape index (κ2) is 13.7. The monoisotopic (exact) mass is 787 g/mol. The maximum Gasteiger partial charge on any atom is 0.143 e. The highest BCUT2D eigenvalue weighted by molar-refractivity contribution is 6.16. The molecule has 0 N–H and O–H groups in total. The van der Waals surface area contributed by atoms with Crippen molar-refractivity contribution in [1.82, 2.24) is 0 Å². The van der Waals surface area contributed by atoms with E-state index in [0.29, 0.717) is 0 Å². The Hall–Kier alpha value is -8.20. The first-order valence-electron chi connectivity index (χ1n) is 21.3. The molecule has 0 fully saturated rings. The number of rotatable bonds is 6. The van der Waals surface area contributed by atoms with Crippen molar-refractivity contribution in [3.05, 3.63) is 224 Å².